The fraction of sp³-hybridized carbons (Fsp3) is 0.222. The van der Waals surface area contributed by atoms with E-state index in [9.17, 15) is 9.59 Å². The van der Waals surface area contributed by atoms with Gasteiger partial charge in [-0.15, -0.1) is 0 Å². The van der Waals surface area contributed by atoms with Gasteiger partial charge >= 0.3 is 5.76 Å². The minimum atomic E-state index is -0.500. The zero-order valence-electron chi connectivity index (χ0n) is 13.9. The summed E-state index contributed by atoms with van der Waals surface area (Å²) in [6, 6.07) is 7.23. The van der Waals surface area contributed by atoms with E-state index in [0.29, 0.717) is 34.7 Å². The van der Waals surface area contributed by atoms with Crippen molar-refractivity contribution >= 4 is 28.2 Å². The smallest absolute Gasteiger partial charge is 0.416 e. The maximum absolute atomic E-state index is 12.1. The highest BCUT2D eigenvalue weighted by Gasteiger charge is 2.43. The molecule has 1 aliphatic rings. The topological polar surface area (TPSA) is 127 Å². The van der Waals surface area contributed by atoms with E-state index in [-0.39, 0.29) is 17.7 Å². The molecule has 1 aromatic carbocycles. The number of carbonyl (C=O) groups excluding carboxylic acids is 1. The van der Waals surface area contributed by atoms with Gasteiger partial charge in [-0.1, -0.05) is 0 Å². The van der Waals surface area contributed by atoms with Gasteiger partial charge in [-0.2, -0.15) is 5.26 Å². The first-order valence-corrected chi connectivity index (χ1v) is 8.05. The molecule has 2 aromatic heterocycles. The quantitative estimate of drug-likeness (QED) is 0.696. The summed E-state index contributed by atoms with van der Waals surface area (Å²) in [6.45, 7) is 1.75. The number of anilines is 2. The Morgan fingerprint density at radius 1 is 1.46 bits per heavy atom. The number of carbonyl (C=O) groups is 1. The third kappa shape index (κ3) is 2.59. The van der Waals surface area contributed by atoms with Crippen molar-refractivity contribution in [2.24, 2.45) is 11.8 Å². The van der Waals surface area contributed by atoms with E-state index in [1.165, 1.54) is 10.8 Å². The lowest BCUT2D eigenvalue weighted by Gasteiger charge is -2.10. The van der Waals surface area contributed by atoms with Crippen molar-refractivity contribution in [3.8, 4) is 11.8 Å². The van der Waals surface area contributed by atoms with Gasteiger partial charge in [0.2, 0.25) is 5.91 Å². The van der Waals surface area contributed by atoms with Crippen molar-refractivity contribution in [1.29, 1.82) is 5.26 Å². The molecule has 1 fully saturated rings. The zero-order valence-corrected chi connectivity index (χ0v) is 13.9. The van der Waals surface area contributed by atoms with Crippen LogP contribution in [0.2, 0.25) is 0 Å². The molecule has 0 radical (unpaired) electrons. The van der Waals surface area contributed by atoms with Crippen molar-refractivity contribution in [1.82, 2.24) is 9.55 Å². The number of aromatic nitrogens is 2. The van der Waals surface area contributed by atoms with E-state index in [0.717, 1.165) is 5.39 Å². The molecule has 1 amide bonds. The Bertz CT molecular complexity index is 1140. The van der Waals surface area contributed by atoms with Gasteiger partial charge in [0, 0.05) is 17.3 Å². The molecular formula is C18H15N5O3. The Hall–Kier alpha value is -3.60. The number of amides is 1. The van der Waals surface area contributed by atoms with Crippen LogP contribution in [0.4, 0.5) is 11.5 Å². The van der Waals surface area contributed by atoms with Crippen LogP contribution in [0.3, 0.4) is 0 Å². The lowest BCUT2D eigenvalue weighted by Crippen LogP contribution is -2.15. The molecule has 1 aliphatic carbocycles. The van der Waals surface area contributed by atoms with Crippen LogP contribution in [0, 0.1) is 30.1 Å². The van der Waals surface area contributed by atoms with E-state index in [1.54, 1.807) is 31.3 Å². The highest BCUT2D eigenvalue weighted by atomic mass is 16.4. The largest absolute Gasteiger partial charge is 0.423 e. The van der Waals surface area contributed by atoms with Crippen LogP contribution in [0.5, 0.6) is 0 Å². The van der Waals surface area contributed by atoms with Crippen molar-refractivity contribution in [2.45, 2.75) is 13.3 Å². The number of oxazole rings is 1. The minimum absolute atomic E-state index is 0.213. The summed E-state index contributed by atoms with van der Waals surface area (Å²) in [5.74, 6) is -0.830. The number of fused-ring (bicyclic) bond motifs is 1. The summed E-state index contributed by atoms with van der Waals surface area (Å²) >= 11 is 0. The molecular weight excluding hydrogens is 334 g/mol. The number of nitriles is 1. The molecule has 2 atom stereocenters. The number of nitrogens with zero attached hydrogens (tertiary/aromatic N) is 3. The van der Waals surface area contributed by atoms with Crippen LogP contribution in [0.15, 0.2) is 39.9 Å². The van der Waals surface area contributed by atoms with E-state index in [4.69, 9.17) is 15.4 Å². The summed E-state index contributed by atoms with van der Waals surface area (Å²) in [4.78, 5) is 28.2. The van der Waals surface area contributed by atoms with Crippen molar-refractivity contribution in [3.05, 3.63) is 46.9 Å². The van der Waals surface area contributed by atoms with Crippen LogP contribution >= 0.6 is 0 Å². The van der Waals surface area contributed by atoms with Gasteiger partial charge in [-0.25, -0.2) is 14.3 Å². The van der Waals surface area contributed by atoms with E-state index in [1.807, 2.05) is 0 Å². The molecule has 0 spiro atoms. The Morgan fingerprint density at radius 3 is 2.92 bits per heavy atom. The Balaban J connectivity index is 1.72. The predicted molar refractivity (Wildman–Crippen MR) is 94.6 cm³/mol. The van der Waals surface area contributed by atoms with Crippen LogP contribution in [0.1, 0.15) is 12.1 Å². The number of nitrogen functional groups attached to an aromatic ring is 1. The second-order valence-electron chi connectivity index (χ2n) is 6.37. The Kier molecular flexibility index (Phi) is 3.51. The number of aryl methyl sites for hydroxylation is 1. The highest BCUT2D eigenvalue weighted by molar-refractivity contribution is 5.99. The Morgan fingerprint density at radius 2 is 2.27 bits per heavy atom. The monoisotopic (exact) mass is 349 g/mol. The molecule has 3 N–H and O–H groups in total. The fourth-order valence-electron chi connectivity index (χ4n) is 3.01. The molecule has 4 rings (SSSR count). The standard InChI is InChI=1S/C18H15N5O3/c1-9-8-26-18(25)23(9)12-2-10-4-16(21-7-14(10)15(20)5-12)22-17(24)13-3-11(13)6-19/h2,4-5,7-8,11,13H,3,20H2,1H3,(H,21,22,24)/t11?,13-/m0/s1. The average molecular weight is 349 g/mol. The van der Waals surface area contributed by atoms with Crippen molar-refractivity contribution in [3.63, 3.8) is 0 Å². The molecule has 0 aliphatic heterocycles. The molecule has 2 heterocycles. The summed E-state index contributed by atoms with van der Waals surface area (Å²) in [5, 5.41) is 13.0. The number of nitrogens with two attached hydrogens (primary N) is 1. The lowest BCUT2D eigenvalue weighted by molar-refractivity contribution is -0.117. The van der Waals surface area contributed by atoms with Gasteiger partial charge in [-0.05, 0) is 36.9 Å². The molecule has 8 nitrogen and oxygen atoms in total. The van der Waals surface area contributed by atoms with Gasteiger partial charge in [-0.3, -0.25) is 4.79 Å². The van der Waals surface area contributed by atoms with Crippen molar-refractivity contribution in [2.75, 3.05) is 11.1 Å². The van der Waals surface area contributed by atoms with Crippen molar-refractivity contribution < 1.29 is 9.21 Å². The third-order valence-corrected chi connectivity index (χ3v) is 4.52. The molecule has 8 heteroatoms. The second-order valence-corrected chi connectivity index (χ2v) is 6.37. The van der Waals surface area contributed by atoms with Gasteiger partial charge < -0.3 is 15.5 Å². The van der Waals surface area contributed by atoms with E-state index in [2.05, 4.69) is 16.4 Å². The number of benzene rings is 1. The first kappa shape index (κ1) is 15.9. The van der Waals surface area contributed by atoms with Gasteiger partial charge in [0.1, 0.15) is 12.1 Å². The lowest BCUT2D eigenvalue weighted by atomic mass is 10.1. The Labute approximate surface area is 147 Å². The number of hydrogen-bond acceptors (Lipinski definition) is 6. The number of hydrogen-bond donors (Lipinski definition) is 2. The maximum Gasteiger partial charge on any atom is 0.423 e. The molecule has 130 valence electrons. The highest BCUT2D eigenvalue weighted by Crippen LogP contribution is 2.38. The SMILES string of the molecule is Cc1coc(=O)n1-c1cc(N)c2cnc(NC(=O)[C@H]3CC3C#N)cc2c1. The zero-order chi connectivity index (χ0) is 18.4. The van der Waals surface area contributed by atoms with Gasteiger partial charge in [0.05, 0.1) is 29.3 Å². The predicted octanol–water partition coefficient (Wildman–Crippen LogP) is 1.97. The molecule has 26 heavy (non-hydrogen) atoms. The van der Waals surface area contributed by atoms with Crippen LogP contribution in [0.25, 0.3) is 16.5 Å². The van der Waals surface area contributed by atoms with Gasteiger partial charge in [0.15, 0.2) is 0 Å². The molecule has 1 saturated carbocycles. The average Bonchev–Trinajstić information content (AvgIpc) is 3.33. The van der Waals surface area contributed by atoms with Crippen LogP contribution in [-0.2, 0) is 4.79 Å². The first-order valence-electron chi connectivity index (χ1n) is 8.05. The van der Waals surface area contributed by atoms with Gasteiger partial charge in [0.25, 0.3) is 0 Å². The van der Waals surface area contributed by atoms with E-state index >= 15 is 0 Å². The molecule has 3 aromatic rings. The third-order valence-electron chi connectivity index (χ3n) is 4.52. The normalized spacial score (nSPS) is 18.5. The first-order chi connectivity index (χ1) is 12.5. The summed E-state index contributed by atoms with van der Waals surface area (Å²) in [6.07, 6.45) is 3.53. The molecule has 0 saturated heterocycles. The van der Waals surface area contributed by atoms with E-state index < -0.39 is 5.76 Å². The minimum Gasteiger partial charge on any atom is -0.416 e. The van der Waals surface area contributed by atoms with Crippen LogP contribution < -0.4 is 16.8 Å². The summed E-state index contributed by atoms with van der Waals surface area (Å²) in [5.41, 5.74) is 7.78. The molecule has 1 unspecified atom stereocenters. The summed E-state index contributed by atoms with van der Waals surface area (Å²) in [7, 11) is 0. The fourth-order valence-corrected chi connectivity index (χ4v) is 3.01. The second kappa shape index (κ2) is 5.74. The number of pyridine rings is 1. The molecule has 0 bridgehead atoms. The maximum atomic E-state index is 12.1. The number of rotatable bonds is 3. The number of nitrogens with one attached hydrogen (secondary N) is 1. The summed E-state index contributed by atoms with van der Waals surface area (Å²) < 4.78 is 6.32. The van der Waals surface area contributed by atoms with Crippen LogP contribution in [-0.4, -0.2) is 15.5 Å².